The second-order valence-electron chi connectivity index (χ2n) is 5.28. The first-order valence-electron chi connectivity index (χ1n) is 7.16. The van der Waals surface area contributed by atoms with Gasteiger partial charge in [-0.25, -0.2) is 0 Å². The minimum absolute atomic E-state index is 0.0784. The summed E-state index contributed by atoms with van der Waals surface area (Å²) in [6.45, 7) is 12.5. The number of anilines is 2. The molecule has 1 atom stereocenters. The average Bonchev–Trinajstić information content (AvgIpc) is 2.37. The highest BCUT2D eigenvalue weighted by Crippen LogP contribution is 2.24. The van der Waals surface area contributed by atoms with Crippen LogP contribution in [0.1, 0.15) is 41.0 Å². The molecule has 0 saturated heterocycles. The van der Waals surface area contributed by atoms with Gasteiger partial charge >= 0.3 is 0 Å². The van der Waals surface area contributed by atoms with Crippen LogP contribution in [0, 0.1) is 5.92 Å². The first kappa shape index (κ1) is 15.6. The van der Waals surface area contributed by atoms with Gasteiger partial charge in [0.05, 0.1) is 11.8 Å². The lowest BCUT2D eigenvalue weighted by Gasteiger charge is -2.26. The van der Waals surface area contributed by atoms with Gasteiger partial charge in [0.1, 0.15) is 5.82 Å². The molecule has 0 bridgehead atoms. The maximum atomic E-state index is 5.90. The summed E-state index contributed by atoms with van der Waals surface area (Å²) in [6, 6.07) is 3.84. The Morgan fingerprint density at radius 2 is 1.95 bits per heavy atom. The van der Waals surface area contributed by atoms with E-state index in [2.05, 4.69) is 30.7 Å². The lowest BCUT2D eigenvalue weighted by Crippen LogP contribution is -2.29. The summed E-state index contributed by atoms with van der Waals surface area (Å²) in [7, 11) is 0. The number of hydrogen-bond acceptors (Lipinski definition) is 4. The fourth-order valence-electron chi connectivity index (χ4n) is 1.83. The molecule has 4 heteroatoms. The third-order valence-electron chi connectivity index (χ3n) is 3.16. The Kier molecular flexibility index (Phi) is 5.93. The van der Waals surface area contributed by atoms with Crippen LogP contribution in [0.3, 0.4) is 0 Å². The zero-order valence-electron chi connectivity index (χ0n) is 12.8. The van der Waals surface area contributed by atoms with Gasteiger partial charge in [-0.3, -0.25) is 0 Å². The number of pyridine rings is 1. The number of aromatic nitrogens is 1. The monoisotopic (exact) mass is 265 g/mol. The van der Waals surface area contributed by atoms with E-state index in [-0.39, 0.29) is 6.10 Å². The van der Waals surface area contributed by atoms with Crippen molar-refractivity contribution in [1.82, 2.24) is 4.98 Å². The van der Waals surface area contributed by atoms with E-state index in [0.29, 0.717) is 17.5 Å². The number of nitrogen functional groups attached to an aromatic ring is 1. The van der Waals surface area contributed by atoms with Gasteiger partial charge in [-0.2, -0.15) is 4.98 Å². The van der Waals surface area contributed by atoms with E-state index < -0.39 is 0 Å². The van der Waals surface area contributed by atoms with Crippen LogP contribution in [0.5, 0.6) is 5.88 Å². The number of nitrogens with zero attached hydrogens (tertiary/aromatic N) is 2. The van der Waals surface area contributed by atoms with Crippen LogP contribution in [-0.2, 0) is 0 Å². The molecule has 0 radical (unpaired) electrons. The second-order valence-corrected chi connectivity index (χ2v) is 5.28. The van der Waals surface area contributed by atoms with Crippen LogP contribution in [0.25, 0.3) is 0 Å². The van der Waals surface area contributed by atoms with E-state index in [1.165, 1.54) is 6.42 Å². The lowest BCUT2D eigenvalue weighted by molar-refractivity contribution is 0.234. The topological polar surface area (TPSA) is 51.4 Å². The van der Waals surface area contributed by atoms with E-state index in [0.717, 1.165) is 18.9 Å². The first-order chi connectivity index (χ1) is 8.97. The molecule has 0 aliphatic carbocycles. The van der Waals surface area contributed by atoms with Crippen LogP contribution < -0.4 is 15.4 Å². The van der Waals surface area contributed by atoms with Crippen molar-refractivity contribution in [2.24, 2.45) is 5.92 Å². The molecule has 0 amide bonds. The molecule has 108 valence electrons. The van der Waals surface area contributed by atoms with Crippen LogP contribution in [0.2, 0.25) is 0 Å². The zero-order valence-corrected chi connectivity index (χ0v) is 12.8. The third-order valence-corrected chi connectivity index (χ3v) is 3.16. The van der Waals surface area contributed by atoms with Gasteiger partial charge in [-0.05, 0) is 38.8 Å². The van der Waals surface area contributed by atoms with Crippen molar-refractivity contribution in [1.29, 1.82) is 0 Å². The van der Waals surface area contributed by atoms with Gasteiger partial charge in [0.2, 0.25) is 5.88 Å². The van der Waals surface area contributed by atoms with E-state index in [9.17, 15) is 0 Å². The highest BCUT2D eigenvalue weighted by atomic mass is 16.5. The molecular formula is C15H27N3O. The largest absolute Gasteiger partial charge is 0.473 e. The standard InChI is InChI=1S/C15H27N3O/c1-6-12(5)10-18(7-2)14-9-8-13(16)15(17-14)19-11(3)4/h8-9,11-12H,6-7,10,16H2,1-5H3. The Labute approximate surface area is 117 Å². The summed E-state index contributed by atoms with van der Waals surface area (Å²) in [6.07, 6.45) is 1.25. The molecule has 1 unspecified atom stereocenters. The molecule has 1 heterocycles. The highest BCUT2D eigenvalue weighted by molar-refractivity contribution is 5.54. The predicted octanol–water partition coefficient (Wildman–Crippen LogP) is 3.32. The van der Waals surface area contributed by atoms with E-state index in [4.69, 9.17) is 10.5 Å². The molecule has 0 aliphatic heterocycles. The van der Waals surface area contributed by atoms with Crippen LogP contribution >= 0.6 is 0 Å². The predicted molar refractivity (Wildman–Crippen MR) is 81.8 cm³/mol. The van der Waals surface area contributed by atoms with Gasteiger partial charge in [0.15, 0.2) is 0 Å². The SMILES string of the molecule is CCC(C)CN(CC)c1ccc(N)c(OC(C)C)n1. The molecule has 1 aromatic rings. The van der Waals surface area contributed by atoms with Crippen LogP contribution in [0.4, 0.5) is 11.5 Å². The van der Waals surface area contributed by atoms with Crippen molar-refractivity contribution in [2.45, 2.75) is 47.1 Å². The number of ether oxygens (including phenoxy) is 1. The van der Waals surface area contributed by atoms with Crippen molar-refractivity contribution < 1.29 is 4.74 Å². The van der Waals surface area contributed by atoms with Crippen LogP contribution in [0.15, 0.2) is 12.1 Å². The Hall–Kier alpha value is -1.45. The Morgan fingerprint density at radius 3 is 2.47 bits per heavy atom. The summed E-state index contributed by atoms with van der Waals surface area (Å²) in [5, 5.41) is 0. The van der Waals surface area contributed by atoms with Gasteiger partial charge in [-0.1, -0.05) is 20.3 Å². The van der Waals surface area contributed by atoms with Crippen LogP contribution in [-0.4, -0.2) is 24.2 Å². The minimum atomic E-state index is 0.0784. The van der Waals surface area contributed by atoms with E-state index in [1.54, 1.807) is 0 Å². The van der Waals surface area contributed by atoms with Gasteiger partial charge in [0, 0.05) is 13.1 Å². The number of nitrogens with two attached hydrogens (primary N) is 1. The van der Waals surface area contributed by atoms with Gasteiger partial charge in [-0.15, -0.1) is 0 Å². The smallest absolute Gasteiger partial charge is 0.239 e. The quantitative estimate of drug-likeness (QED) is 0.821. The Balaban J connectivity index is 2.91. The van der Waals surface area contributed by atoms with E-state index in [1.807, 2.05) is 26.0 Å². The molecule has 0 aromatic carbocycles. The maximum absolute atomic E-state index is 5.90. The normalized spacial score (nSPS) is 12.5. The molecule has 0 aliphatic rings. The van der Waals surface area contributed by atoms with Crippen molar-refractivity contribution in [2.75, 3.05) is 23.7 Å². The van der Waals surface area contributed by atoms with Crippen molar-refractivity contribution in [3.05, 3.63) is 12.1 Å². The summed E-state index contributed by atoms with van der Waals surface area (Å²) in [5.41, 5.74) is 6.50. The molecule has 1 aromatic heterocycles. The van der Waals surface area contributed by atoms with Crippen molar-refractivity contribution >= 4 is 11.5 Å². The summed E-state index contributed by atoms with van der Waals surface area (Å²) < 4.78 is 5.65. The molecule has 1 rings (SSSR count). The second kappa shape index (κ2) is 7.22. The molecular weight excluding hydrogens is 238 g/mol. The minimum Gasteiger partial charge on any atom is -0.473 e. The fraction of sp³-hybridized carbons (Fsp3) is 0.667. The van der Waals surface area contributed by atoms with Crippen molar-refractivity contribution in [3.63, 3.8) is 0 Å². The van der Waals surface area contributed by atoms with Crippen molar-refractivity contribution in [3.8, 4) is 5.88 Å². The third kappa shape index (κ3) is 4.62. The summed E-state index contributed by atoms with van der Waals surface area (Å²) >= 11 is 0. The molecule has 0 spiro atoms. The highest BCUT2D eigenvalue weighted by Gasteiger charge is 2.13. The maximum Gasteiger partial charge on any atom is 0.239 e. The van der Waals surface area contributed by atoms with Gasteiger partial charge in [0.25, 0.3) is 0 Å². The molecule has 0 fully saturated rings. The molecule has 4 nitrogen and oxygen atoms in total. The lowest BCUT2D eigenvalue weighted by atomic mass is 10.1. The van der Waals surface area contributed by atoms with E-state index >= 15 is 0 Å². The summed E-state index contributed by atoms with van der Waals surface area (Å²) in [5.74, 6) is 2.12. The van der Waals surface area contributed by atoms with Gasteiger partial charge < -0.3 is 15.4 Å². The molecule has 2 N–H and O–H groups in total. The average molecular weight is 265 g/mol. The zero-order chi connectivity index (χ0) is 14.4. The number of rotatable bonds is 7. The molecule has 19 heavy (non-hydrogen) atoms. The fourth-order valence-corrected chi connectivity index (χ4v) is 1.83. The summed E-state index contributed by atoms with van der Waals surface area (Å²) in [4.78, 5) is 6.81. The Morgan fingerprint density at radius 1 is 1.26 bits per heavy atom. The first-order valence-corrected chi connectivity index (χ1v) is 7.16. The number of hydrogen-bond donors (Lipinski definition) is 1. The molecule has 0 saturated carbocycles. The Bertz CT molecular complexity index is 393.